The lowest BCUT2D eigenvalue weighted by molar-refractivity contribution is -0.122. The lowest BCUT2D eigenvalue weighted by atomic mass is 10.1. The van der Waals surface area contributed by atoms with E-state index in [0.29, 0.717) is 19.4 Å². The molecule has 1 amide bonds. The summed E-state index contributed by atoms with van der Waals surface area (Å²) in [6, 6.07) is -0.601. The predicted octanol–water partition coefficient (Wildman–Crippen LogP) is -0.387. The third-order valence-electron chi connectivity index (χ3n) is 2.53. The average Bonchev–Trinajstić information content (AvgIpc) is 2.75. The molecule has 1 aliphatic rings. The monoisotopic (exact) mass is 273 g/mol. The molecule has 6 nitrogen and oxygen atoms in total. The molecule has 0 saturated heterocycles. The largest absolute Gasteiger partial charge is 0.355 e. The maximum Gasteiger partial charge on any atom is 0.237 e. The summed E-state index contributed by atoms with van der Waals surface area (Å²) in [7, 11) is -2.97. The number of rotatable bonds is 7. The first-order valence-electron chi connectivity index (χ1n) is 5.79. The SMILES string of the molecule is CS(=O)(=O)CCCNC(=O)[C@@H](N)CC1=CN=CC1. The minimum absolute atomic E-state index is 0.0709. The zero-order valence-corrected chi connectivity index (χ0v) is 11.2. The van der Waals surface area contributed by atoms with Crippen LogP contribution in [0.1, 0.15) is 19.3 Å². The zero-order chi connectivity index (χ0) is 13.6. The maximum absolute atomic E-state index is 11.6. The number of nitrogens with two attached hydrogens (primary N) is 1. The van der Waals surface area contributed by atoms with Gasteiger partial charge in [0.15, 0.2) is 0 Å². The summed E-state index contributed by atoms with van der Waals surface area (Å²) in [5.41, 5.74) is 6.77. The van der Waals surface area contributed by atoms with E-state index in [0.717, 1.165) is 12.0 Å². The van der Waals surface area contributed by atoms with Crippen molar-refractivity contribution in [2.24, 2.45) is 10.7 Å². The van der Waals surface area contributed by atoms with Gasteiger partial charge in [-0.2, -0.15) is 0 Å². The van der Waals surface area contributed by atoms with Gasteiger partial charge in [-0.1, -0.05) is 0 Å². The Morgan fingerprint density at radius 3 is 2.89 bits per heavy atom. The summed E-state index contributed by atoms with van der Waals surface area (Å²) in [6.45, 7) is 0.329. The molecular formula is C11H19N3O3S. The molecule has 1 atom stereocenters. The fourth-order valence-electron chi connectivity index (χ4n) is 1.57. The van der Waals surface area contributed by atoms with Gasteiger partial charge in [-0.3, -0.25) is 9.79 Å². The Morgan fingerprint density at radius 1 is 1.61 bits per heavy atom. The minimum Gasteiger partial charge on any atom is -0.355 e. The van der Waals surface area contributed by atoms with Gasteiger partial charge >= 0.3 is 0 Å². The second-order valence-corrected chi connectivity index (χ2v) is 6.67. The highest BCUT2D eigenvalue weighted by molar-refractivity contribution is 7.90. The van der Waals surface area contributed by atoms with Crippen LogP contribution >= 0.6 is 0 Å². The standard InChI is InChI=1S/C11H19N3O3S/c1-18(16,17)6-2-4-14-11(15)10(12)7-9-3-5-13-8-9/h5,8,10H,2-4,6-7,12H2,1H3,(H,14,15)/t10-/m0/s1. The second-order valence-electron chi connectivity index (χ2n) is 4.41. The van der Waals surface area contributed by atoms with Crippen molar-refractivity contribution in [2.45, 2.75) is 25.3 Å². The van der Waals surface area contributed by atoms with Crippen molar-refractivity contribution in [1.29, 1.82) is 0 Å². The Labute approximate surface area is 107 Å². The second kappa shape index (κ2) is 6.65. The van der Waals surface area contributed by atoms with E-state index in [1.165, 1.54) is 6.26 Å². The molecule has 0 saturated carbocycles. The molecule has 0 fully saturated rings. The average molecular weight is 273 g/mol. The molecule has 1 rings (SSSR count). The van der Waals surface area contributed by atoms with Crippen LogP contribution in [-0.4, -0.2) is 45.1 Å². The van der Waals surface area contributed by atoms with Crippen LogP contribution in [0.5, 0.6) is 0 Å². The number of carbonyl (C=O) groups is 1. The van der Waals surface area contributed by atoms with Crippen LogP contribution in [0.25, 0.3) is 0 Å². The van der Waals surface area contributed by atoms with E-state index >= 15 is 0 Å². The van der Waals surface area contributed by atoms with Crippen molar-refractivity contribution in [3.05, 3.63) is 11.8 Å². The number of sulfone groups is 1. The third-order valence-corrected chi connectivity index (χ3v) is 3.56. The molecule has 0 radical (unpaired) electrons. The van der Waals surface area contributed by atoms with Crippen LogP contribution in [0.4, 0.5) is 0 Å². The number of nitrogens with one attached hydrogen (secondary N) is 1. The van der Waals surface area contributed by atoms with E-state index in [-0.39, 0.29) is 11.7 Å². The van der Waals surface area contributed by atoms with Crippen molar-refractivity contribution in [3.63, 3.8) is 0 Å². The van der Waals surface area contributed by atoms with Gasteiger partial charge in [0, 0.05) is 31.6 Å². The smallest absolute Gasteiger partial charge is 0.237 e. The minimum atomic E-state index is -2.97. The summed E-state index contributed by atoms with van der Waals surface area (Å²) >= 11 is 0. The van der Waals surface area contributed by atoms with Crippen LogP contribution in [0.2, 0.25) is 0 Å². The van der Waals surface area contributed by atoms with Crippen molar-refractivity contribution in [3.8, 4) is 0 Å². The number of aliphatic imine (C=N–C) groups is 1. The molecule has 0 unspecified atom stereocenters. The first-order valence-corrected chi connectivity index (χ1v) is 7.85. The molecule has 0 aliphatic carbocycles. The van der Waals surface area contributed by atoms with Gasteiger partial charge in [-0.25, -0.2) is 8.42 Å². The molecule has 102 valence electrons. The lowest BCUT2D eigenvalue weighted by Gasteiger charge is -2.12. The lowest BCUT2D eigenvalue weighted by Crippen LogP contribution is -2.41. The Morgan fingerprint density at radius 2 is 2.33 bits per heavy atom. The van der Waals surface area contributed by atoms with Crippen molar-refractivity contribution < 1.29 is 13.2 Å². The summed E-state index contributed by atoms with van der Waals surface area (Å²) in [4.78, 5) is 15.5. The molecule has 0 aromatic rings. The van der Waals surface area contributed by atoms with Crippen LogP contribution in [0.3, 0.4) is 0 Å². The van der Waals surface area contributed by atoms with Gasteiger partial charge in [0.2, 0.25) is 5.91 Å². The van der Waals surface area contributed by atoms with E-state index in [2.05, 4.69) is 10.3 Å². The number of hydrogen-bond acceptors (Lipinski definition) is 5. The molecule has 0 bridgehead atoms. The molecule has 1 aliphatic heterocycles. The maximum atomic E-state index is 11.6. The first-order chi connectivity index (χ1) is 8.38. The number of amides is 1. The molecule has 18 heavy (non-hydrogen) atoms. The van der Waals surface area contributed by atoms with Gasteiger partial charge in [-0.15, -0.1) is 0 Å². The third kappa shape index (κ3) is 5.92. The van der Waals surface area contributed by atoms with E-state index in [1.54, 1.807) is 12.4 Å². The Bertz CT molecular complexity index is 454. The van der Waals surface area contributed by atoms with Crippen LogP contribution in [0.15, 0.2) is 16.8 Å². The number of nitrogens with zero attached hydrogens (tertiary/aromatic N) is 1. The van der Waals surface area contributed by atoms with Gasteiger partial charge in [-0.05, 0) is 18.4 Å². The summed E-state index contributed by atoms with van der Waals surface area (Å²) in [6.07, 6.45) is 6.30. The first kappa shape index (κ1) is 14.8. The quantitative estimate of drug-likeness (QED) is 0.617. The summed E-state index contributed by atoms with van der Waals surface area (Å²) in [5, 5.41) is 2.63. The zero-order valence-electron chi connectivity index (χ0n) is 10.4. The highest BCUT2D eigenvalue weighted by atomic mass is 32.2. The summed E-state index contributed by atoms with van der Waals surface area (Å²) in [5.74, 6) is -0.182. The van der Waals surface area contributed by atoms with E-state index in [4.69, 9.17) is 5.73 Å². The predicted molar refractivity (Wildman–Crippen MR) is 71.1 cm³/mol. The molecule has 0 spiro atoms. The van der Waals surface area contributed by atoms with Crippen LogP contribution in [0, 0.1) is 0 Å². The van der Waals surface area contributed by atoms with Crippen molar-refractivity contribution in [2.75, 3.05) is 18.6 Å². The highest BCUT2D eigenvalue weighted by Crippen LogP contribution is 2.12. The normalized spacial score (nSPS) is 16.4. The van der Waals surface area contributed by atoms with Gasteiger partial charge < -0.3 is 11.1 Å². The van der Waals surface area contributed by atoms with E-state index in [9.17, 15) is 13.2 Å². The fourth-order valence-corrected chi connectivity index (χ4v) is 2.24. The van der Waals surface area contributed by atoms with Gasteiger partial charge in [0.1, 0.15) is 9.84 Å². The molecule has 0 aromatic heterocycles. The van der Waals surface area contributed by atoms with Crippen molar-refractivity contribution >= 4 is 22.0 Å². The highest BCUT2D eigenvalue weighted by Gasteiger charge is 2.15. The van der Waals surface area contributed by atoms with E-state index in [1.807, 2.05) is 0 Å². The van der Waals surface area contributed by atoms with Gasteiger partial charge in [0.05, 0.1) is 11.8 Å². The topological polar surface area (TPSA) is 102 Å². The Balaban J connectivity index is 2.19. The summed E-state index contributed by atoms with van der Waals surface area (Å²) < 4.78 is 21.8. The van der Waals surface area contributed by atoms with Crippen LogP contribution in [-0.2, 0) is 14.6 Å². The fraction of sp³-hybridized carbons (Fsp3) is 0.636. The number of carbonyl (C=O) groups excluding carboxylic acids is 1. The van der Waals surface area contributed by atoms with E-state index < -0.39 is 15.9 Å². The molecule has 7 heteroatoms. The molecule has 0 aromatic carbocycles. The van der Waals surface area contributed by atoms with Crippen LogP contribution < -0.4 is 11.1 Å². The molecular weight excluding hydrogens is 254 g/mol. The van der Waals surface area contributed by atoms with Crippen molar-refractivity contribution in [1.82, 2.24) is 5.32 Å². The molecule has 3 N–H and O–H groups in total. The Hall–Kier alpha value is -1.21. The van der Waals surface area contributed by atoms with Gasteiger partial charge in [0.25, 0.3) is 0 Å². The Kier molecular flexibility index (Phi) is 5.49. The molecule has 1 heterocycles. The number of hydrogen-bond donors (Lipinski definition) is 2.